The number of hydrogen-bond acceptors (Lipinski definition) is 4. The fraction of sp³-hybridized carbons (Fsp3) is 1.00. The van der Waals surface area contributed by atoms with E-state index in [0.29, 0.717) is 0 Å². The van der Waals surface area contributed by atoms with Crippen molar-refractivity contribution in [3.63, 3.8) is 0 Å². The molecule has 3 aliphatic rings. The molecule has 2 saturated heterocycles. The molecule has 3 fully saturated rings. The SMILES string of the molecule is OC1NCCC12CCC1(CC2)OCCO1. The summed E-state index contributed by atoms with van der Waals surface area (Å²) in [6, 6.07) is 0. The van der Waals surface area contributed by atoms with Gasteiger partial charge < -0.3 is 14.6 Å². The fourth-order valence-electron chi connectivity index (χ4n) is 3.25. The molecule has 4 heteroatoms. The summed E-state index contributed by atoms with van der Waals surface area (Å²) in [6.45, 7) is 2.40. The highest BCUT2D eigenvalue weighted by atomic mass is 16.7. The molecule has 2 N–H and O–H groups in total. The summed E-state index contributed by atoms with van der Waals surface area (Å²) < 4.78 is 11.4. The molecule has 1 atom stereocenters. The number of aliphatic hydroxyl groups is 1. The molecular weight excluding hydrogens is 194 g/mol. The normalized spacial score (nSPS) is 37.8. The zero-order valence-corrected chi connectivity index (χ0v) is 9.00. The molecular formula is C11H19NO3. The van der Waals surface area contributed by atoms with Crippen LogP contribution < -0.4 is 5.32 Å². The molecule has 1 aliphatic carbocycles. The van der Waals surface area contributed by atoms with Gasteiger partial charge in [-0.25, -0.2) is 0 Å². The summed E-state index contributed by atoms with van der Waals surface area (Å²) in [4.78, 5) is 0. The second-order valence-electron chi connectivity index (χ2n) is 5.08. The second-order valence-corrected chi connectivity index (χ2v) is 5.08. The fourth-order valence-corrected chi connectivity index (χ4v) is 3.25. The molecule has 2 aliphatic heterocycles. The lowest BCUT2D eigenvalue weighted by Gasteiger charge is -2.42. The van der Waals surface area contributed by atoms with E-state index in [1.165, 1.54) is 0 Å². The van der Waals surface area contributed by atoms with Gasteiger partial charge in [0.2, 0.25) is 0 Å². The van der Waals surface area contributed by atoms with Crippen molar-refractivity contribution in [3.8, 4) is 0 Å². The molecule has 4 nitrogen and oxygen atoms in total. The van der Waals surface area contributed by atoms with Gasteiger partial charge in [-0.3, -0.25) is 5.32 Å². The Morgan fingerprint density at radius 2 is 1.67 bits per heavy atom. The number of rotatable bonds is 0. The van der Waals surface area contributed by atoms with Crippen molar-refractivity contribution in [2.45, 2.75) is 44.1 Å². The van der Waals surface area contributed by atoms with E-state index in [1.807, 2.05) is 0 Å². The van der Waals surface area contributed by atoms with Crippen LogP contribution in [-0.2, 0) is 9.47 Å². The first kappa shape index (κ1) is 10.0. The van der Waals surface area contributed by atoms with E-state index >= 15 is 0 Å². The highest BCUT2D eigenvalue weighted by molar-refractivity contribution is 4.97. The van der Waals surface area contributed by atoms with Crippen LogP contribution in [0.15, 0.2) is 0 Å². The van der Waals surface area contributed by atoms with Crippen LogP contribution in [0.5, 0.6) is 0 Å². The third-order valence-corrected chi connectivity index (χ3v) is 4.36. The van der Waals surface area contributed by atoms with Crippen LogP contribution in [0.3, 0.4) is 0 Å². The zero-order chi connectivity index (χ0) is 10.4. The third-order valence-electron chi connectivity index (χ3n) is 4.36. The molecule has 0 aromatic carbocycles. The largest absolute Gasteiger partial charge is 0.378 e. The van der Waals surface area contributed by atoms with Gasteiger partial charge in [0.05, 0.1) is 13.2 Å². The summed E-state index contributed by atoms with van der Waals surface area (Å²) in [6.07, 6.45) is 4.67. The van der Waals surface area contributed by atoms with Gasteiger partial charge in [-0.1, -0.05) is 0 Å². The summed E-state index contributed by atoms with van der Waals surface area (Å²) >= 11 is 0. The Morgan fingerprint density at radius 3 is 2.20 bits per heavy atom. The summed E-state index contributed by atoms with van der Waals surface area (Å²) in [5, 5.41) is 13.1. The average molecular weight is 213 g/mol. The monoisotopic (exact) mass is 213 g/mol. The molecule has 0 aromatic heterocycles. The van der Waals surface area contributed by atoms with Gasteiger partial charge in [0.15, 0.2) is 5.79 Å². The minimum absolute atomic E-state index is 0.0978. The zero-order valence-electron chi connectivity index (χ0n) is 9.00. The molecule has 1 saturated carbocycles. The minimum atomic E-state index is -0.323. The Morgan fingerprint density at radius 1 is 1.00 bits per heavy atom. The first-order valence-electron chi connectivity index (χ1n) is 5.94. The van der Waals surface area contributed by atoms with Gasteiger partial charge >= 0.3 is 0 Å². The van der Waals surface area contributed by atoms with Crippen molar-refractivity contribution in [1.29, 1.82) is 0 Å². The van der Waals surface area contributed by atoms with Gasteiger partial charge in [-0.05, 0) is 25.8 Å². The molecule has 3 rings (SSSR count). The molecule has 2 spiro atoms. The molecule has 2 heterocycles. The molecule has 15 heavy (non-hydrogen) atoms. The Bertz CT molecular complexity index is 240. The molecule has 0 bridgehead atoms. The Hall–Kier alpha value is -0.160. The average Bonchev–Trinajstić information content (AvgIpc) is 2.82. The van der Waals surface area contributed by atoms with E-state index in [4.69, 9.17) is 9.47 Å². The molecule has 86 valence electrons. The quantitative estimate of drug-likeness (QED) is 0.619. The van der Waals surface area contributed by atoms with Gasteiger partial charge in [0, 0.05) is 18.3 Å². The van der Waals surface area contributed by atoms with Crippen LogP contribution in [0.25, 0.3) is 0 Å². The summed E-state index contributed by atoms with van der Waals surface area (Å²) in [5.41, 5.74) is 0.0978. The maximum Gasteiger partial charge on any atom is 0.168 e. The summed E-state index contributed by atoms with van der Waals surface area (Å²) in [5.74, 6) is -0.298. The van der Waals surface area contributed by atoms with E-state index in [-0.39, 0.29) is 17.4 Å². The number of aliphatic hydroxyl groups excluding tert-OH is 1. The molecule has 1 unspecified atom stereocenters. The van der Waals surface area contributed by atoms with Gasteiger partial charge in [0.25, 0.3) is 0 Å². The Kier molecular flexibility index (Phi) is 2.28. The van der Waals surface area contributed by atoms with Crippen molar-refractivity contribution in [2.75, 3.05) is 19.8 Å². The van der Waals surface area contributed by atoms with Gasteiger partial charge in [-0.15, -0.1) is 0 Å². The highest BCUT2D eigenvalue weighted by Crippen LogP contribution is 2.49. The van der Waals surface area contributed by atoms with Gasteiger partial charge in [0.1, 0.15) is 6.23 Å². The molecule has 0 aromatic rings. The molecule has 0 radical (unpaired) electrons. The van der Waals surface area contributed by atoms with Crippen molar-refractivity contribution in [2.24, 2.45) is 5.41 Å². The highest BCUT2D eigenvalue weighted by Gasteiger charge is 2.50. The van der Waals surface area contributed by atoms with Gasteiger partial charge in [-0.2, -0.15) is 0 Å². The van der Waals surface area contributed by atoms with Crippen LogP contribution in [0.2, 0.25) is 0 Å². The van der Waals surface area contributed by atoms with Crippen LogP contribution in [0, 0.1) is 5.41 Å². The topological polar surface area (TPSA) is 50.7 Å². The number of nitrogens with one attached hydrogen (secondary N) is 1. The van der Waals surface area contributed by atoms with E-state index in [0.717, 1.165) is 51.9 Å². The minimum Gasteiger partial charge on any atom is -0.378 e. The van der Waals surface area contributed by atoms with Crippen LogP contribution in [0.1, 0.15) is 32.1 Å². The second kappa shape index (κ2) is 3.42. The van der Waals surface area contributed by atoms with E-state index < -0.39 is 0 Å². The van der Waals surface area contributed by atoms with Crippen LogP contribution >= 0.6 is 0 Å². The lowest BCUT2D eigenvalue weighted by atomic mass is 9.70. The van der Waals surface area contributed by atoms with Crippen molar-refractivity contribution in [1.82, 2.24) is 5.32 Å². The number of ether oxygens (including phenoxy) is 2. The third kappa shape index (κ3) is 1.51. The summed E-state index contributed by atoms with van der Waals surface area (Å²) in [7, 11) is 0. The Balaban J connectivity index is 1.69. The van der Waals surface area contributed by atoms with Crippen LogP contribution in [0.4, 0.5) is 0 Å². The van der Waals surface area contributed by atoms with Crippen molar-refractivity contribution < 1.29 is 14.6 Å². The lowest BCUT2D eigenvalue weighted by molar-refractivity contribution is -0.198. The van der Waals surface area contributed by atoms with E-state index in [1.54, 1.807) is 0 Å². The standard InChI is InChI=1S/C11H19NO3/c13-9-10(5-6-12-9)1-3-11(4-2-10)14-7-8-15-11/h9,12-13H,1-8H2. The first-order valence-corrected chi connectivity index (χ1v) is 5.94. The smallest absolute Gasteiger partial charge is 0.168 e. The molecule has 0 amide bonds. The van der Waals surface area contributed by atoms with E-state index in [2.05, 4.69) is 5.32 Å². The Labute approximate surface area is 89.9 Å². The van der Waals surface area contributed by atoms with Crippen molar-refractivity contribution >= 4 is 0 Å². The maximum absolute atomic E-state index is 9.94. The lowest BCUT2D eigenvalue weighted by Crippen LogP contribution is -2.45. The maximum atomic E-state index is 9.94. The first-order chi connectivity index (χ1) is 7.25. The predicted molar refractivity (Wildman–Crippen MR) is 54.2 cm³/mol. The predicted octanol–water partition coefficient (Wildman–Crippen LogP) is 0.602. The number of hydrogen-bond donors (Lipinski definition) is 2. The van der Waals surface area contributed by atoms with E-state index in [9.17, 15) is 5.11 Å². The van der Waals surface area contributed by atoms with Crippen LogP contribution in [-0.4, -0.2) is 36.9 Å². The van der Waals surface area contributed by atoms with Crippen molar-refractivity contribution in [3.05, 3.63) is 0 Å².